The van der Waals surface area contributed by atoms with E-state index in [4.69, 9.17) is 4.42 Å². The minimum Gasteiger partial charge on any atom is -0.480 e. The van der Waals surface area contributed by atoms with Crippen LogP contribution in [0.4, 0.5) is 0 Å². The Morgan fingerprint density at radius 2 is 2.17 bits per heavy atom. The first-order chi connectivity index (χ1) is 8.62. The fraction of sp³-hybridized carbons (Fsp3) is 0.643. The van der Waals surface area contributed by atoms with Crippen LogP contribution in [0.2, 0.25) is 0 Å². The van der Waals surface area contributed by atoms with Crippen LogP contribution >= 0.6 is 0 Å². The Balaban J connectivity index is 2.14. The number of carboxylic acids is 1. The monoisotopic (exact) mass is 251 g/mol. The molecule has 1 aliphatic rings. The SMILES string of the molecule is CCc1ccc(CN2CCCC2(CC)C(=O)O)o1. The van der Waals surface area contributed by atoms with Gasteiger partial charge in [-0.1, -0.05) is 13.8 Å². The molecule has 1 aromatic rings. The number of hydrogen-bond donors (Lipinski definition) is 1. The number of furan rings is 1. The Morgan fingerprint density at radius 1 is 1.44 bits per heavy atom. The molecular formula is C14H21NO3. The Hall–Kier alpha value is -1.29. The van der Waals surface area contributed by atoms with Crippen LogP contribution in [0, 0.1) is 0 Å². The lowest BCUT2D eigenvalue weighted by Crippen LogP contribution is -2.49. The molecule has 1 fully saturated rings. The molecule has 1 aliphatic heterocycles. The van der Waals surface area contributed by atoms with E-state index < -0.39 is 11.5 Å². The van der Waals surface area contributed by atoms with E-state index in [1.807, 2.05) is 30.9 Å². The highest BCUT2D eigenvalue weighted by atomic mass is 16.4. The first-order valence-corrected chi connectivity index (χ1v) is 6.68. The second-order valence-corrected chi connectivity index (χ2v) is 4.94. The standard InChI is InChI=1S/C14H21NO3/c1-3-11-6-7-12(18-11)10-15-9-5-8-14(15,4-2)13(16)17/h6-7H,3-5,8-10H2,1-2H3,(H,16,17). The zero-order chi connectivity index (χ0) is 13.2. The van der Waals surface area contributed by atoms with Gasteiger partial charge in [-0.2, -0.15) is 0 Å². The largest absolute Gasteiger partial charge is 0.480 e. The fourth-order valence-corrected chi connectivity index (χ4v) is 2.84. The molecule has 1 aromatic heterocycles. The van der Waals surface area contributed by atoms with Crippen molar-refractivity contribution in [3.63, 3.8) is 0 Å². The van der Waals surface area contributed by atoms with Crippen molar-refractivity contribution in [2.45, 2.75) is 51.6 Å². The van der Waals surface area contributed by atoms with E-state index in [9.17, 15) is 9.90 Å². The maximum Gasteiger partial charge on any atom is 0.324 e. The third kappa shape index (κ3) is 2.17. The topological polar surface area (TPSA) is 53.7 Å². The van der Waals surface area contributed by atoms with E-state index in [0.717, 1.165) is 37.3 Å². The van der Waals surface area contributed by atoms with Gasteiger partial charge in [0, 0.05) is 6.42 Å². The summed E-state index contributed by atoms with van der Waals surface area (Å²) in [7, 11) is 0. The maximum absolute atomic E-state index is 11.5. The van der Waals surface area contributed by atoms with Gasteiger partial charge >= 0.3 is 5.97 Å². The first kappa shape index (κ1) is 13.1. The number of hydrogen-bond acceptors (Lipinski definition) is 3. The lowest BCUT2D eigenvalue weighted by Gasteiger charge is -2.33. The van der Waals surface area contributed by atoms with Gasteiger partial charge in [-0.15, -0.1) is 0 Å². The fourth-order valence-electron chi connectivity index (χ4n) is 2.84. The van der Waals surface area contributed by atoms with Crippen LogP contribution in [0.25, 0.3) is 0 Å². The average Bonchev–Trinajstić information content (AvgIpc) is 2.96. The van der Waals surface area contributed by atoms with Crippen molar-refractivity contribution in [3.8, 4) is 0 Å². The highest BCUT2D eigenvalue weighted by Crippen LogP contribution is 2.34. The molecule has 1 atom stereocenters. The molecule has 1 N–H and O–H groups in total. The zero-order valence-electron chi connectivity index (χ0n) is 11.1. The van der Waals surface area contributed by atoms with Crippen molar-refractivity contribution in [3.05, 3.63) is 23.7 Å². The highest BCUT2D eigenvalue weighted by molar-refractivity contribution is 5.79. The lowest BCUT2D eigenvalue weighted by molar-refractivity contribution is -0.150. The average molecular weight is 251 g/mol. The molecule has 0 radical (unpaired) electrons. The van der Waals surface area contributed by atoms with Crippen molar-refractivity contribution >= 4 is 5.97 Å². The van der Waals surface area contributed by atoms with E-state index in [0.29, 0.717) is 13.0 Å². The minimum absolute atomic E-state index is 0.597. The highest BCUT2D eigenvalue weighted by Gasteiger charge is 2.46. The van der Waals surface area contributed by atoms with E-state index in [-0.39, 0.29) is 0 Å². The van der Waals surface area contributed by atoms with E-state index in [2.05, 4.69) is 0 Å². The maximum atomic E-state index is 11.5. The van der Waals surface area contributed by atoms with Gasteiger partial charge in [0.05, 0.1) is 6.54 Å². The summed E-state index contributed by atoms with van der Waals surface area (Å²) in [5.41, 5.74) is -0.695. The number of aliphatic carboxylic acids is 1. The summed E-state index contributed by atoms with van der Waals surface area (Å²) in [6, 6.07) is 3.93. The predicted octanol–water partition coefficient (Wildman–Crippen LogP) is 2.67. The molecule has 0 aliphatic carbocycles. The summed E-state index contributed by atoms with van der Waals surface area (Å²) in [5, 5.41) is 9.49. The van der Waals surface area contributed by atoms with E-state index in [1.165, 1.54) is 0 Å². The van der Waals surface area contributed by atoms with Crippen LogP contribution in [-0.4, -0.2) is 28.1 Å². The molecule has 0 aromatic carbocycles. The van der Waals surface area contributed by atoms with Gasteiger partial charge in [0.2, 0.25) is 0 Å². The zero-order valence-corrected chi connectivity index (χ0v) is 11.1. The Labute approximate surface area is 108 Å². The second kappa shape index (κ2) is 5.14. The quantitative estimate of drug-likeness (QED) is 0.874. The Bertz CT molecular complexity index is 426. The first-order valence-electron chi connectivity index (χ1n) is 6.68. The van der Waals surface area contributed by atoms with Gasteiger partial charge in [0.15, 0.2) is 0 Å². The second-order valence-electron chi connectivity index (χ2n) is 4.94. The number of aryl methyl sites for hydroxylation is 1. The van der Waals surface area contributed by atoms with Gasteiger partial charge in [0.1, 0.15) is 17.1 Å². The molecule has 4 nitrogen and oxygen atoms in total. The number of carbonyl (C=O) groups is 1. The van der Waals surface area contributed by atoms with Crippen molar-refractivity contribution in [2.75, 3.05) is 6.54 Å². The summed E-state index contributed by atoms with van der Waals surface area (Å²) in [6.07, 6.45) is 3.20. The minimum atomic E-state index is -0.704. The molecule has 1 saturated heterocycles. The molecular weight excluding hydrogens is 230 g/mol. The number of rotatable bonds is 5. The Morgan fingerprint density at radius 3 is 2.72 bits per heavy atom. The third-order valence-electron chi connectivity index (χ3n) is 4.02. The molecule has 0 spiro atoms. The summed E-state index contributed by atoms with van der Waals surface area (Å²) >= 11 is 0. The smallest absolute Gasteiger partial charge is 0.324 e. The molecule has 0 amide bonds. The molecule has 100 valence electrons. The summed E-state index contributed by atoms with van der Waals surface area (Å²) < 4.78 is 5.68. The van der Waals surface area contributed by atoms with Gasteiger partial charge in [0.25, 0.3) is 0 Å². The third-order valence-corrected chi connectivity index (χ3v) is 4.02. The van der Waals surface area contributed by atoms with Gasteiger partial charge in [-0.3, -0.25) is 9.69 Å². The van der Waals surface area contributed by atoms with Crippen molar-refractivity contribution in [1.82, 2.24) is 4.90 Å². The normalized spacial score (nSPS) is 24.6. The predicted molar refractivity (Wildman–Crippen MR) is 68.4 cm³/mol. The summed E-state index contributed by atoms with van der Waals surface area (Å²) in [6.45, 7) is 5.43. The molecule has 2 heterocycles. The van der Waals surface area contributed by atoms with Crippen LogP contribution in [0.15, 0.2) is 16.5 Å². The summed E-state index contributed by atoms with van der Waals surface area (Å²) in [4.78, 5) is 13.6. The molecule has 1 unspecified atom stereocenters. The van der Waals surface area contributed by atoms with Crippen LogP contribution in [0.3, 0.4) is 0 Å². The van der Waals surface area contributed by atoms with Crippen molar-refractivity contribution in [2.24, 2.45) is 0 Å². The molecule has 0 bridgehead atoms. The Kier molecular flexibility index (Phi) is 3.76. The van der Waals surface area contributed by atoms with Crippen LogP contribution in [0.1, 0.15) is 44.6 Å². The van der Waals surface area contributed by atoms with Crippen LogP contribution in [0.5, 0.6) is 0 Å². The molecule has 0 saturated carbocycles. The van der Waals surface area contributed by atoms with Crippen molar-refractivity contribution in [1.29, 1.82) is 0 Å². The summed E-state index contributed by atoms with van der Waals surface area (Å²) in [5.74, 6) is 1.12. The van der Waals surface area contributed by atoms with Crippen LogP contribution < -0.4 is 0 Å². The van der Waals surface area contributed by atoms with Gasteiger partial charge in [-0.05, 0) is 37.9 Å². The van der Waals surface area contributed by atoms with Crippen molar-refractivity contribution < 1.29 is 14.3 Å². The van der Waals surface area contributed by atoms with Gasteiger partial charge in [-0.25, -0.2) is 0 Å². The molecule has 4 heteroatoms. The number of nitrogens with zero attached hydrogens (tertiary/aromatic N) is 1. The van der Waals surface area contributed by atoms with E-state index >= 15 is 0 Å². The van der Waals surface area contributed by atoms with Gasteiger partial charge < -0.3 is 9.52 Å². The number of likely N-dealkylation sites (tertiary alicyclic amines) is 1. The molecule has 18 heavy (non-hydrogen) atoms. The van der Waals surface area contributed by atoms with E-state index in [1.54, 1.807) is 0 Å². The number of carboxylic acid groups (broad SMARTS) is 1. The molecule has 2 rings (SSSR count). The lowest BCUT2D eigenvalue weighted by atomic mass is 9.93. The van der Waals surface area contributed by atoms with Crippen LogP contribution in [-0.2, 0) is 17.8 Å².